The molecule has 0 saturated carbocycles. The van der Waals surface area contributed by atoms with Gasteiger partial charge in [0, 0.05) is 11.1 Å². The zero-order valence-electron chi connectivity index (χ0n) is 10.8. The molecule has 7 heteroatoms. The molecule has 0 radical (unpaired) electrons. The van der Waals surface area contributed by atoms with Crippen molar-refractivity contribution < 1.29 is 13.2 Å². The van der Waals surface area contributed by atoms with Crippen molar-refractivity contribution in [2.45, 2.75) is 22.5 Å². The minimum absolute atomic E-state index is 0.175. The van der Waals surface area contributed by atoms with Gasteiger partial charge < -0.3 is 5.73 Å². The second kappa shape index (κ2) is 6.68. The van der Waals surface area contributed by atoms with Crippen LogP contribution in [0.3, 0.4) is 0 Å². The Morgan fingerprint density at radius 2 is 1.95 bits per heavy atom. The van der Waals surface area contributed by atoms with E-state index in [2.05, 4.69) is 4.98 Å². The van der Waals surface area contributed by atoms with Crippen LogP contribution < -0.4 is 5.73 Å². The highest BCUT2D eigenvalue weighted by molar-refractivity contribution is 7.99. The van der Waals surface area contributed by atoms with Crippen LogP contribution in [0.25, 0.3) is 0 Å². The molecule has 1 aromatic carbocycles. The number of benzene rings is 1. The number of rotatable bonds is 4. The SMILES string of the molecule is NCCc1ccc(Sc2ccc(Cl)cn2)cc1C(F)(F)F. The molecule has 2 nitrogen and oxygen atoms in total. The van der Waals surface area contributed by atoms with Crippen LogP contribution in [-0.2, 0) is 12.6 Å². The summed E-state index contributed by atoms with van der Waals surface area (Å²) in [5.41, 5.74) is 4.91. The third-order valence-corrected chi connectivity index (χ3v) is 3.89. The van der Waals surface area contributed by atoms with Gasteiger partial charge in [0.25, 0.3) is 0 Å². The average Bonchev–Trinajstić information content (AvgIpc) is 2.42. The van der Waals surface area contributed by atoms with Crippen molar-refractivity contribution in [3.63, 3.8) is 0 Å². The summed E-state index contributed by atoms with van der Waals surface area (Å²) in [6.07, 6.45) is -2.75. The van der Waals surface area contributed by atoms with Crippen LogP contribution in [0.5, 0.6) is 0 Å². The van der Waals surface area contributed by atoms with Crippen LogP contribution in [-0.4, -0.2) is 11.5 Å². The summed E-state index contributed by atoms with van der Waals surface area (Å²) < 4.78 is 39.2. The van der Waals surface area contributed by atoms with E-state index in [4.69, 9.17) is 17.3 Å². The van der Waals surface area contributed by atoms with E-state index in [1.807, 2.05) is 0 Å². The molecule has 1 aromatic heterocycles. The standard InChI is InChI=1S/C14H12ClF3N2S/c15-10-2-4-13(20-8-10)21-11-3-1-9(5-6-19)12(7-11)14(16,17)18/h1-4,7-8H,5-6,19H2. The van der Waals surface area contributed by atoms with Gasteiger partial charge in [-0.2, -0.15) is 13.2 Å². The van der Waals surface area contributed by atoms with E-state index in [0.717, 1.165) is 17.8 Å². The highest BCUT2D eigenvalue weighted by Gasteiger charge is 2.33. The van der Waals surface area contributed by atoms with Crippen molar-refractivity contribution in [3.8, 4) is 0 Å². The van der Waals surface area contributed by atoms with Crippen molar-refractivity contribution >= 4 is 23.4 Å². The summed E-state index contributed by atoms with van der Waals surface area (Å²) in [4.78, 5) is 4.52. The van der Waals surface area contributed by atoms with E-state index in [9.17, 15) is 13.2 Å². The Labute approximate surface area is 129 Å². The highest BCUT2D eigenvalue weighted by atomic mass is 35.5. The maximum atomic E-state index is 13.1. The zero-order chi connectivity index (χ0) is 15.5. The van der Waals surface area contributed by atoms with E-state index < -0.39 is 11.7 Å². The summed E-state index contributed by atoms with van der Waals surface area (Å²) in [5, 5.41) is 1.06. The van der Waals surface area contributed by atoms with Crippen LogP contribution in [0.15, 0.2) is 46.5 Å². The number of nitrogens with zero attached hydrogens (tertiary/aromatic N) is 1. The fraction of sp³-hybridized carbons (Fsp3) is 0.214. The van der Waals surface area contributed by atoms with Gasteiger partial charge in [-0.05, 0) is 42.8 Å². The van der Waals surface area contributed by atoms with Crippen molar-refractivity contribution in [1.29, 1.82) is 0 Å². The van der Waals surface area contributed by atoms with Crippen LogP contribution in [0.1, 0.15) is 11.1 Å². The summed E-state index contributed by atoms with van der Waals surface area (Å²) in [6.45, 7) is 0.175. The minimum Gasteiger partial charge on any atom is -0.330 e. The zero-order valence-corrected chi connectivity index (χ0v) is 12.4. The van der Waals surface area contributed by atoms with Crippen molar-refractivity contribution in [1.82, 2.24) is 4.98 Å². The quantitative estimate of drug-likeness (QED) is 0.901. The molecule has 0 spiro atoms. The van der Waals surface area contributed by atoms with E-state index >= 15 is 0 Å². The van der Waals surface area contributed by atoms with Gasteiger partial charge in [0.15, 0.2) is 0 Å². The van der Waals surface area contributed by atoms with Crippen LogP contribution in [0.2, 0.25) is 5.02 Å². The molecule has 0 aliphatic rings. The Balaban J connectivity index is 2.31. The molecule has 0 fully saturated rings. The van der Waals surface area contributed by atoms with Gasteiger partial charge in [-0.25, -0.2) is 4.98 Å². The molecule has 0 aliphatic heterocycles. The van der Waals surface area contributed by atoms with Crippen LogP contribution >= 0.6 is 23.4 Å². The first kappa shape index (κ1) is 16.1. The van der Waals surface area contributed by atoms with Crippen molar-refractivity contribution in [2.24, 2.45) is 5.73 Å². The number of hydrogen-bond donors (Lipinski definition) is 1. The maximum absolute atomic E-state index is 13.1. The highest BCUT2D eigenvalue weighted by Crippen LogP contribution is 2.36. The molecule has 112 valence electrons. The fourth-order valence-corrected chi connectivity index (χ4v) is 2.71. The molecule has 0 bridgehead atoms. The van der Waals surface area contributed by atoms with Gasteiger partial charge in [-0.15, -0.1) is 0 Å². The van der Waals surface area contributed by atoms with Gasteiger partial charge in [-0.3, -0.25) is 0 Å². The number of hydrogen-bond acceptors (Lipinski definition) is 3. The Morgan fingerprint density at radius 3 is 2.52 bits per heavy atom. The minimum atomic E-state index is -4.39. The molecule has 0 amide bonds. The third-order valence-electron chi connectivity index (χ3n) is 2.72. The normalized spacial score (nSPS) is 11.7. The smallest absolute Gasteiger partial charge is 0.330 e. The second-order valence-electron chi connectivity index (χ2n) is 4.27. The number of pyridine rings is 1. The predicted octanol–water partition coefficient (Wildman–Crippen LogP) is 4.41. The molecule has 0 atom stereocenters. The van der Waals surface area contributed by atoms with Gasteiger partial charge in [0.2, 0.25) is 0 Å². The first-order valence-electron chi connectivity index (χ1n) is 6.10. The lowest BCUT2D eigenvalue weighted by atomic mass is 10.0. The van der Waals surface area contributed by atoms with Gasteiger partial charge in [0.05, 0.1) is 10.6 Å². The number of alkyl halides is 3. The monoisotopic (exact) mass is 332 g/mol. The van der Waals surface area contributed by atoms with Gasteiger partial charge >= 0.3 is 6.18 Å². The average molecular weight is 333 g/mol. The second-order valence-corrected chi connectivity index (χ2v) is 5.80. The first-order valence-corrected chi connectivity index (χ1v) is 7.29. The molecule has 0 unspecified atom stereocenters. The largest absolute Gasteiger partial charge is 0.416 e. The van der Waals surface area contributed by atoms with E-state index in [1.165, 1.54) is 12.3 Å². The molecule has 2 rings (SSSR count). The molecular formula is C14H12ClF3N2S. The molecule has 0 saturated heterocycles. The van der Waals surface area contributed by atoms with Crippen molar-refractivity contribution in [2.75, 3.05) is 6.54 Å². The molecular weight excluding hydrogens is 321 g/mol. The van der Waals surface area contributed by atoms with Crippen LogP contribution in [0.4, 0.5) is 13.2 Å². The number of aromatic nitrogens is 1. The first-order chi connectivity index (χ1) is 9.90. The summed E-state index contributed by atoms with van der Waals surface area (Å²) in [5.74, 6) is 0. The maximum Gasteiger partial charge on any atom is 0.416 e. The molecule has 0 aliphatic carbocycles. The topological polar surface area (TPSA) is 38.9 Å². The lowest BCUT2D eigenvalue weighted by Crippen LogP contribution is -2.12. The molecule has 2 N–H and O–H groups in total. The number of halogens is 4. The Morgan fingerprint density at radius 1 is 1.19 bits per heavy atom. The Kier molecular flexibility index (Phi) is 5.13. The fourth-order valence-electron chi connectivity index (χ4n) is 1.80. The van der Waals surface area contributed by atoms with Crippen molar-refractivity contribution in [3.05, 3.63) is 52.7 Å². The Bertz CT molecular complexity index is 615. The van der Waals surface area contributed by atoms with Gasteiger partial charge in [-0.1, -0.05) is 29.4 Å². The lowest BCUT2D eigenvalue weighted by molar-refractivity contribution is -0.138. The third kappa shape index (κ3) is 4.36. The predicted molar refractivity (Wildman–Crippen MR) is 77.6 cm³/mol. The summed E-state index contributed by atoms with van der Waals surface area (Å²) in [7, 11) is 0. The van der Waals surface area contributed by atoms with Gasteiger partial charge in [0.1, 0.15) is 5.03 Å². The lowest BCUT2D eigenvalue weighted by Gasteiger charge is -2.14. The number of nitrogens with two attached hydrogens (primary N) is 1. The van der Waals surface area contributed by atoms with Crippen LogP contribution in [0, 0.1) is 0 Å². The Hall–Kier alpha value is -1.24. The summed E-state index contributed by atoms with van der Waals surface area (Å²) >= 11 is 6.88. The van der Waals surface area contributed by atoms with E-state index in [-0.39, 0.29) is 18.5 Å². The van der Waals surface area contributed by atoms with E-state index in [1.54, 1.807) is 18.2 Å². The van der Waals surface area contributed by atoms with E-state index in [0.29, 0.717) is 14.9 Å². The molecule has 2 aromatic rings. The molecule has 1 heterocycles. The summed E-state index contributed by atoms with van der Waals surface area (Å²) in [6, 6.07) is 7.54. The molecule has 21 heavy (non-hydrogen) atoms.